The van der Waals surface area contributed by atoms with Crippen LogP contribution in [0.25, 0.3) is 11.3 Å². The lowest BCUT2D eigenvalue weighted by atomic mass is 9.62. The molecule has 2 fully saturated rings. The summed E-state index contributed by atoms with van der Waals surface area (Å²) in [6.45, 7) is 6.06. The molecule has 2 heterocycles. The van der Waals surface area contributed by atoms with Crippen LogP contribution in [-0.2, 0) is 0 Å². The molecule has 138 valence electrons. The van der Waals surface area contributed by atoms with Crippen molar-refractivity contribution in [1.29, 1.82) is 0 Å². The van der Waals surface area contributed by atoms with Gasteiger partial charge in [0, 0.05) is 18.7 Å². The van der Waals surface area contributed by atoms with Crippen LogP contribution in [0.15, 0.2) is 24.3 Å². The number of hydrogen-bond acceptors (Lipinski definition) is 5. The van der Waals surface area contributed by atoms with E-state index >= 15 is 0 Å². The van der Waals surface area contributed by atoms with Gasteiger partial charge >= 0.3 is 0 Å². The predicted octanol–water partition coefficient (Wildman–Crippen LogP) is 1.94. The Morgan fingerprint density at radius 2 is 1.96 bits per heavy atom. The first kappa shape index (κ1) is 16.9. The van der Waals surface area contributed by atoms with Crippen molar-refractivity contribution in [3.8, 4) is 17.0 Å². The van der Waals surface area contributed by atoms with Crippen molar-refractivity contribution >= 4 is 11.7 Å². The fraction of sp³-hybridized carbons (Fsp3) is 0.474. The van der Waals surface area contributed by atoms with Gasteiger partial charge in [0.05, 0.1) is 12.1 Å². The number of benzene rings is 1. The van der Waals surface area contributed by atoms with Gasteiger partial charge in [0.25, 0.3) is 5.91 Å². The molecule has 1 saturated carbocycles. The van der Waals surface area contributed by atoms with E-state index in [0.29, 0.717) is 22.5 Å². The van der Waals surface area contributed by atoms with E-state index in [9.17, 15) is 4.79 Å². The number of carbonyl (C=O) groups excluding carboxylic acids is 1. The molecule has 26 heavy (non-hydrogen) atoms. The number of nitrogens with two attached hydrogens (primary N) is 2. The zero-order valence-electron chi connectivity index (χ0n) is 15.2. The standard InChI is InChI=1S/C19H25N5O2/c1-11(2)26-14-5-3-12(4-6-14)16-15(18(21)25)17(20)24(23-16)13-7-19(8-13)9-22-10-19/h3-6,11,13,22H,7-10,20H2,1-2H3,(H2,21,25). The molecule has 2 aromatic rings. The minimum Gasteiger partial charge on any atom is -0.491 e. The van der Waals surface area contributed by atoms with Gasteiger partial charge in [0.1, 0.15) is 22.8 Å². The first-order valence-electron chi connectivity index (χ1n) is 9.04. The lowest BCUT2D eigenvalue weighted by Gasteiger charge is -2.54. The molecule has 0 bridgehead atoms. The molecule has 0 atom stereocenters. The van der Waals surface area contributed by atoms with Crippen molar-refractivity contribution in [2.45, 2.75) is 38.8 Å². The number of nitrogen functional groups attached to an aromatic ring is 1. The first-order valence-corrected chi connectivity index (χ1v) is 9.04. The van der Waals surface area contributed by atoms with E-state index in [0.717, 1.165) is 37.2 Å². The molecule has 5 N–H and O–H groups in total. The smallest absolute Gasteiger partial charge is 0.254 e. The number of primary amides is 1. The van der Waals surface area contributed by atoms with Crippen LogP contribution in [0.2, 0.25) is 0 Å². The summed E-state index contributed by atoms with van der Waals surface area (Å²) in [5.41, 5.74) is 13.9. The molecule has 1 spiro atoms. The molecule has 1 saturated heterocycles. The van der Waals surface area contributed by atoms with Crippen LogP contribution in [0.3, 0.4) is 0 Å². The minimum absolute atomic E-state index is 0.101. The first-order chi connectivity index (χ1) is 12.4. The molecule has 1 aromatic carbocycles. The second kappa shape index (κ2) is 6.02. The summed E-state index contributed by atoms with van der Waals surface area (Å²) in [7, 11) is 0. The number of ether oxygens (including phenoxy) is 1. The van der Waals surface area contributed by atoms with Gasteiger partial charge in [-0.05, 0) is 56.4 Å². The van der Waals surface area contributed by atoms with Crippen LogP contribution >= 0.6 is 0 Å². The summed E-state index contributed by atoms with van der Waals surface area (Å²) >= 11 is 0. The monoisotopic (exact) mass is 355 g/mol. The highest BCUT2D eigenvalue weighted by molar-refractivity contribution is 6.03. The molecular weight excluding hydrogens is 330 g/mol. The molecular formula is C19H25N5O2. The SMILES string of the molecule is CC(C)Oc1ccc(-c2nn(C3CC4(CNC4)C3)c(N)c2C(N)=O)cc1. The van der Waals surface area contributed by atoms with Crippen LogP contribution in [-0.4, -0.2) is 34.9 Å². The average molecular weight is 355 g/mol. The largest absolute Gasteiger partial charge is 0.491 e. The quantitative estimate of drug-likeness (QED) is 0.759. The van der Waals surface area contributed by atoms with Gasteiger partial charge in [-0.25, -0.2) is 4.68 Å². The molecule has 7 heteroatoms. The van der Waals surface area contributed by atoms with Crippen LogP contribution in [0.4, 0.5) is 5.82 Å². The lowest BCUT2D eigenvalue weighted by molar-refractivity contribution is 0.00345. The molecule has 1 aromatic heterocycles. The summed E-state index contributed by atoms with van der Waals surface area (Å²) in [5.74, 6) is 0.586. The van der Waals surface area contributed by atoms with E-state index in [-0.39, 0.29) is 12.1 Å². The van der Waals surface area contributed by atoms with Gasteiger partial charge in [0.15, 0.2) is 0 Å². The van der Waals surface area contributed by atoms with Gasteiger partial charge < -0.3 is 21.5 Å². The van der Waals surface area contributed by atoms with Crippen molar-refractivity contribution in [1.82, 2.24) is 15.1 Å². The van der Waals surface area contributed by atoms with Crippen molar-refractivity contribution in [3.05, 3.63) is 29.8 Å². The summed E-state index contributed by atoms with van der Waals surface area (Å²) < 4.78 is 7.46. The van der Waals surface area contributed by atoms with E-state index in [1.54, 1.807) is 4.68 Å². The highest BCUT2D eigenvalue weighted by atomic mass is 16.5. The zero-order chi connectivity index (χ0) is 18.5. The Balaban J connectivity index is 1.65. The number of rotatable bonds is 5. The highest BCUT2D eigenvalue weighted by Crippen LogP contribution is 2.51. The third kappa shape index (κ3) is 2.72. The number of aromatic nitrogens is 2. The summed E-state index contributed by atoms with van der Waals surface area (Å²) in [6.07, 6.45) is 2.17. The van der Waals surface area contributed by atoms with Gasteiger partial charge in [-0.15, -0.1) is 0 Å². The number of carbonyl (C=O) groups is 1. The number of hydrogen-bond donors (Lipinski definition) is 3. The molecule has 1 aliphatic carbocycles. The second-order valence-corrected chi connectivity index (χ2v) is 7.77. The maximum atomic E-state index is 12.0. The Hall–Kier alpha value is -2.54. The summed E-state index contributed by atoms with van der Waals surface area (Å²) in [5, 5.41) is 7.99. The van der Waals surface area contributed by atoms with Crippen molar-refractivity contribution in [2.75, 3.05) is 18.8 Å². The van der Waals surface area contributed by atoms with E-state index in [2.05, 4.69) is 10.4 Å². The molecule has 7 nitrogen and oxygen atoms in total. The molecule has 1 amide bonds. The van der Waals surface area contributed by atoms with Crippen LogP contribution in [0.1, 0.15) is 43.1 Å². The fourth-order valence-corrected chi connectivity index (χ4v) is 4.01. The van der Waals surface area contributed by atoms with E-state index < -0.39 is 5.91 Å². The van der Waals surface area contributed by atoms with Gasteiger partial charge in [0.2, 0.25) is 0 Å². The van der Waals surface area contributed by atoms with Gasteiger partial charge in [-0.1, -0.05) is 0 Å². The molecule has 0 unspecified atom stereocenters. The molecule has 1 aliphatic heterocycles. The van der Waals surface area contributed by atoms with Crippen LogP contribution in [0.5, 0.6) is 5.75 Å². The van der Waals surface area contributed by atoms with Crippen molar-refractivity contribution < 1.29 is 9.53 Å². The fourth-order valence-electron chi connectivity index (χ4n) is 4.01. The highest BCUT2D eigenvalue weighted by Gasteiger charge is 2.50. The maximum absolute atomic E-state index is 12.0. The Morgan fingerprint density at radius 3 is 2.46 bits per heavy atom. The number of nitrogens with one attached hydrogen (secondary N) is 1. The van der Waals surface area contributed by atoms with Crippen LogP contribution < -0.4 is 21.5 Å². The zero-order valence-corrected chi connectivity index (χ0v) is 15.2. The van der Waals surface area contributed by atoms with Crippen molar-refractivity contribution in [3.63, 3.8) is 0 Å². The molecule has 0 radical (unpaired) electrons. The van der Waals surface area contributed by atoms with Gasteiger partial charge in [-0.3, -0.25) is 4.79 Å². The topological polar surface area (TPSA) is 108 Å². The Bertz CT molecular complexity index is 828. The second-order valence-electron chi connectivity index (χ2n) is 7.77. The van der Waals surface area contributed by atoms with Crippen molar-refractivity contribution in [2.24, 2.45) is 11.1 Å². The average Bonchev–Trinajstić information content (AvgIpc) is 2.82. The third-order valence-corrected chi connectivity index (χ3v) is 5.38. The summed E-state index contributed by atoms with van der Waals surface area (Å²) in [6, 6.07) is 7.73. The van der Waals surface area contributed by atoms with Gasteiger partial charge in [-0.2, -0.15) is 5.10 Å². The van der Waals surface area contributed by atoms with E-state index in [1.807, 2.05) is 38.1 Å². The molecule has 2 aliphatic rings. The minimum atomic E-state index is -0.550. The maximum Gasteiger partial charge on any atom is 0.254 e. The van der Waals surface area contributed by atoms with E-state index in [4.69, 9.17) is 16.2 Å². The number of nitrogens with zero attached hydrogens (tertiary/aromatic N) is 2. The number of amides is 1. The Morgan fingerprint density at radius 1 is 1.31 bits per heavy atom. The lowest BCUT2D eigenvalue weighted by Crippen LogP contribution is -2.60. The number of anilines is 1. The third-order valence-electron chi connectivity index (χ3n) is 5.38. The Kier molecular flexibility index (Phi) is 3.91. The summed E-state index contributed by atoms with van der Waals surface area (Å²) in [4.78, 5) is 12.0. The van der Waals surface area contributed by atoms with Crippen LogP contribution in [0, 0.1) is 5.41 Å². The predicted molar refractivity (Wildman–Crippen MR) is 99.9 cm³/mol. The van der Waals surface area contributed by atoms with E-state index in [1.165, 1.54) is 0 Å². The normalized spacial score (nSPS) is 18.6. The molecule has 4 rings (SSSR count). The Labute approximate surface area is 152 Å².